The summed E-state index contributed by atoms with van der Waals surface area (Å²) in [4.78, 5) is 38.0. The lowest BCUT2D eigenvalue weighted by Crippen LogP contribution is -2.30. The second-order valence-electron chi connectivity index (χ2n) is 17.7. The first-order valence-corrected chi connectivity index (χ1v) is 27.4. The van der Waals surface area contributed by atoms with Crippen LogP contribution in [0.4, 0.5) is 0 Å². The molecule has 0 heterocycles. The van der Waals surface area contributed by atoms with E-state index < -0.39 is 6.10 Å². The Morgan fingerprint density at radius 3 is 1.03 bits per heavy atom. The Hall–Kier alpha value is -3.93. The van der Waals surface area contributed by atoms with E-state index in [0.29, 0.717) is 19.3 Å². The Labute approximate surface area is 412 Å². The van der Waals surface area contributed by atoms with Crippen molar-refractivity contribution in [1.82, 2.24) is 0 Å². The van der Waals surface area contributed by atoms with Crippen LogP contribution in [-0.4, -0.2) is 37.2 Å². The lowest BCUT2D eigenvalue weighted by Gasteiger charge is -2.18. The van der Waals surface area contributed by atoms with Gasteiger partial charge in [-0.2, -0.15) is 0 Å². The summed E-state index contributed by atoms with van der Waals surface area (Å²) >= 11 is 0. The molecule has 0 fully saturated rings. The Morgan fingerprint density at radius 1 is 0.313 bits per heavy atom. The van der Waals surface area contributed by atoms with Crippen LogP contribution in [0.3, 0.4) is 0 Å². The number of hydrogen-bond donors (Lipinski definition) is 0. The molecule has 0 bridgehead atoms. The molecule has 0 rings (SSSR count). The van der Waals surface area contributed by atoms with Crippen LogP contribution in [-0.2, 0) is 28.6 Å². The Balaban J connectivity index is 4.48. The summed E-state index contributed by atoms with van der Waals surface area (Å²) in [6, 6.07) is 0. The van der Waals surface area contributed by atoms with Crippen molar-refractivity contribution in [3.8, 4) is 0 Å². The first-order valence-electron chi connectivity index (χ1n) is 27.4. The van der Waals surface area contributed by atoms with Crippen LogP contribution < -0.4 is 0 Å². The number of rotatable bonds is 48. The van der Waals surface area contributed by atoms with E-state index in [-0.39, 0.29) is 37.5 Å². The quantitative estimate of drug-likeness (QED) is 0.0262. The van der Waals surface area contributed by atoms with E-state index in [4.69, 9.17) is 14.2 Å². The molecular weight excluding hydrogens is 829 g/mol. The maximum absolute atomic E-state index is 12.8. The molecule has 0 N–H and O–H groups in total. The molecule has 0 aromatic heterocycles. The number of esters is 3. The Bertz CT molecular complexity index is 1390. The molecule has 0 aliphatic rings. The van der Waals surface area contributed by atoms with Gasteiger partial charge in [0, 0.05) is 19.3 Å². The van der Waals surface area contributed by atoms with Gasteiger partial charge in [0.25, 0.3) is 0 Å². The molecule has 0 amide bonds. The van der Waals surface area contributed by atoms with Gasteiger partial charge in [0.2, 0.25) is 0 Å². The zero-order valence-electron chi connectivity index (χ0n) is 43.4. The maximum Gasteiger partial charge on any atom is 0.306 e. The molecule has 380 valence electrons. The normalized spacial score (nSPS) is 12.9. The van der Waals surface area contributed by atoms with Crippen LogP contribution in [0.5, 0.6) is 0 Å². The molecule has 1 atom stereocenters. The molecule has 0 aromatic rings. The number of carbonyl (C=O) groups is 3. The molecule has 1 unspecified atom stereocenters. The zero-order valence-corrected chi connectivity index (χ0v) is 43.4. The minimum absolute atomic E-state index is 0.115. The summed E-state index contributed by atoms with van der Waals surface area (Å²) in [7, 11) is 0. The minimum atomic E-state index is -0.822. The van der Waals surface area contributed by atoms with Gasteiger partial charge in [0.15, 0.2) is 6.10 Å². The first kappa shape index (κ1) is 63.1. The first-order chi connectivity index (χ1) is 33.0. The number of unbranched alkanes of at least 4 members (excludes halogenated alkanes) is 19. The van der Waals surface area contributed by atoms with E-state index in [1.54, 1.807) is 0 Å². The average molecular weight is 929 g/mol. The summed E-state index contributed by atoms with van der Waals surface area (Å²) in [5.74, 6) is -1.03. The molecule has 0 saturated heterocycles. The summed E-state index contributed by atoms with van der Waals surface area (Å²) in [6.07, 6.45) is 73.7. The Morgan fingerprint density at radius 2 is 0.612 bits per heavy atom. The van der Waals surface area contributed by atoms with Crippen molar-refractivity contribution in [2.45, 2.75) is 245 Å². The summed E-state index contributed by atoms with van der Waals surface area (Å²) in [6.45, 7) is 6.39. The molecular formula is C61H100O6. The van der Waals surface area contributed by atoms with Gasteiger partial charge in [-0.3, -0.25) is 14.4 Å². The molecule has 6 heteroatoms. The molecule has 0 aliphatic heterocycles. The lowest BCUT2D eigenvalue weighted by molar-refractivity contribution is -0.166. The highest BCUT2D eigenvalue weighted by Crippen LogP contribution is 2.13. The number of allylic oxidation sites excluding steroid dienone is 18. The van der Waals surface area contributed by atoms with Crippen LogP contribution >= 0.6 is 0 Å². The maximum atomic E-state index is 12.8. The van der Waals surface area contributed by atoms with E-state index in [0.717, 1.165) is 116 Å². The van der Waals surface area contributed by atoms with E-state index >= 15 is 0 Å². The van der Waals surface area contributed by atoms with Crippen LogP contribution in [0.2, 0.25) is 0 Å². The highest BCUT2D eigenvalue weighted by atomic mass is 16.6. The smallest absolute Gasteiger partial charge is 0.306 e. The predicted molar refractivity (Wildman–Crippen MR) is 288 cm³/mol. The monoisotopic (exact) mass is 929 g/mol. The van der Waals surface area contributed by atoms with Crippen molar-refractivity contribution < 1.29 is 28.6 Å². The molecule has 0 spiro atoms. The average Bonchev–Trinajstić information content (AvgIpc) is 3.33. The van der Waals surface area contributed by atoms with Crippen LogP contribution in [0.25, 0.3) is 0 Å². The standard InChI is InChI=1S/C61H100O6/c1-4-7-10-13-16-19-22-25-27-28-29-30-31-32-34-36-39-42-45-48-51-54-60(63)66-57-58(56-65-59(62)53-50-47-44-41-38-35-24-21-18-15-12-9-6-3)67-61(64)55-52-49-46-43-40-37-33-26-23-20-17-14-11-8-5-2/h9,12,17-18,20-22,25-26,28-29,31-33,35,38,44,47,58H,4-8,10-11,13-16,19,23-24,27,30,34,36-37,39-43,45-46,48-57H2,1-3H3/b12-9-,20-17-,21-18-,25-22-,29-28-,32-31-,33-26-,38-35-,47-44-. The van der Waals surface area contributed by atoms with Crippen LogP contribution in [0.1, 0.15) is 239 Å². The third kappa shape index (κ3) is 52.9. The fourth-order valence-corrected chi connectivity index (χ4v) is 7.14. The third-order valence-electron chi connectivity index (χ3n) is 11.2. The van der Waals surface area contributed by atoms with E-state index in [9.17, 15) is 14.4 Å². The number of hydrogen-bond acceptors (Lipinski definition) is 6. The van der Waals surface area contributed by atoms with E-state index in [1.807, 2.05) is 12.2 Å². The summed E-state index contributed by atoms with van der Waals surface area (Å²) in [5.41, 5.74) is 0. The van der Waals surface area contributed by atoms with Crippen molar-refractivity contribution in [2.75, 3.05) is 13.2 Å². The van der Waals surface area contributed by atoms with E-state index in [1.165, 1.54) is 77.0 Å². The molecule has 67 heavy (non-hydrogen) atoms. The van der Waals surface area contributed by atoms with E-state index in [2.05, 4.69) is 118 Å². The topological polar surface area (TPSA) is 78.9 Å². The highest BCUT2D eigenvalue weighted by Gasteiger charge is 2.19. The SMILES string of the molecule is CC/C=C\C/C=C\C/C=C\C/C=C\CCC(=O)OCC(COC(=O)CCCCCCCC/C=C\C/C=C\C/C=C\CCCCCCC)OC(=O)CCCCCCC/C=C\C/C=C\CCCCC. The second-order valence-corrected chi connectivity index (χ2v) is 17.7. The van der Waals surface area contributed by atoms with Gasteiger partial charge in [-0.25, -0.2) is 0 Å². The van der Waals surface area contributed by atoms with Crippen LogP contribution in [0.15, 0.2) is 109 Å². The van der Waals surface area contributed by atoms with Gasteiger partial charge in [0.1, 0.15) is 13.2 Å². The van der Waals surface area contributed by atoms with Gasteiger partial charge < -0.3 is 14.2 Å². The largest absolute Gasteiger partial charge is 0.462 e. The molecule has 0 aliphatic carbocycles. The van der Waals surface area contributed by atoms with Gasteiger partial charge in [0.05, 0.1) is 0 Å². The van der Waals surface area contributed by atoms with Gasteiger partial charge in [-0.1, -0.05) is 214 Å². The van der Waals surface area contributed by atoms with Crippen LogP contribution in [0, 0.1) is 0 Å². The van der Waals surface area contributed by atoms with Crippen molar-refractivity contribution in [3.05, 3.63) is 109 Å². The number of carbonyl (C=O) groups excluding carboxylic acids is 3. The van der Waals surface area contributed by atoms with Crippen molar-refractivity contribution >= 4 is 17.9 Å². The highest BCUT2D eigenvalue weighted by molar-refractivity contribution is 5.71. The molecule has 6 nitrogen and oxygen atoms in total. The summed E-state index contributed by atoms with van der Waals surface area (Å²) in [5, 5.41) is 0. The van der Waals surface area contributed by atoms with Gasteiger partial charge in [-0.05, 0) is 116 Å². The van der Waals surface area contributed by atoms with Crippen molar-refractivity contribution in [2.24, 2.45) is 0 Å². The third-order valence-corrected chi connectivity index (χ3v) is 11.2. The molecule has 0 saturated carbocycles. The fourth-order valence-electron chi connectivity index (χ4n) is 7.14. The number of ether oxygens (including phenoxy) is 3. The fraction of sp³-hybridized carbons (Fsp3) is 0.656. The molecule has 0 aromatic carbocycles. The Kier molecular flexibility index (Phi) is 51.5. The summed E-state index contributed by atoms with van der Waals surface area (Å²) < 4.78 is 16.7. The van der Waals surface area contributed by atoms with Gasteiger partial charge >= 0.3 is 17.9 Å². The molecule has 0 radical (unpaired) electrons. The van der Waals surface area contributed by atoms with Crippen molar-refractivity contribution in [3.63, 3.8) is 0 Å². The zero-order chi connectivity index (χ0) is 48.6. The van der Waals surface area contributed by atoms with Gasteiger partial charge in [-0.15, -0.1) is 0 Å². The lowest BCUT2D eigenvalue weighted by atomic mass is 10.1. The van der Waals surface area contributed by atoms with Crippen molar-refractivity contribution in [1.29, 1.82) is 0 Å². The minimum Gasteiger partial charge on any atom is -0.462 e. The second kappa shape index (κ2) is 54.7. The predicted octanol–water partition coefficient (Wildman–Crippen LogP) is 18.3.